The van der Waals surface area contributed by atoms with Gasteiger partial charge in [-0.1, -0.05) is 11.6 Å². The highest BCUT2D eigenvalue weighted by Gasteiger charge is 2.08. The minimum atomic E-state index is -0.343. The van der Waals surface area contributed by atoms with Gasteiger partial charge < -0.3 is 20.1 Å². The van der Waals surface area contributed by atoms with Gasteiger partial charge in [-0.05, 0) is 48.5 Å². The van der Waals surface area contributed by atoms with Gasteiger partial charge in [-0.25, -0.2) is 9.97 Å². The van der Waals surface area contributed by atoms with Crippen LogP contribution in [0.25, 0.3) is 0 Å². The van der Waals surface area contributed by atoms with Crippen LogP contribution in [0.4, 0.5) is 11.5 Å². The first-order chi connectivity index (χ1) is 13.6. The zero-order chi connectivity index (χ0) is 19.8. The molecule has 0 fully saturated rings. The number of amides is 1. The van der Waals surface area contributed by atoms with Gasteiger partial charge in [0.2, 0.25) is 0 Å². The molecule has 0 aliphatic carbocycles. The Kier molecular flexibility index (Phi) is 6.64. The third kappa shape index (κ3) is 5.59. The maximum atomic E-state index is 12.2. The predicted octanol–water partition coefficient (Wildman–Crippen LogP) is 3.88. The lowest BCUT2D eigenvalue weighted by Crippen LogP contribution is -2.16. The Morgan fingerprint density at radius 1 is 1.00 bits per heavy atom. The Morgan fingerprint density at radius 3 is 2.36 bits per heavy atom. The molecule has 0 aliphatic rings. The molecule has 8 heteroatoms. The number of rotatable bonds is 8. The summed E-state index contributed by atoms with van der Waals surface area (Å²) in [7, 11) is 1.62. The average Bonchev–Trinajstić information content (AvgIpc) is 2.73. The highest BCUT2D eigenvalue weighted by Crippen LogP contribution is 2.17. The van der Waals surface area contributed by atoms with E-state index in [4.69, 9.17) is 21.1 Å². The molecule has 1 aromatic heterocycles. The van der Waals surface area contributed by atoms with Crippen molar-refractivity contribution in [2.24, 2.45) is 0 Å². The molecule has 144 valence electrons. The second kappa shape index (κ2) is 9.57. The Bertz CT molecular complexity index is 900. The summed E-state index contributed by atoms with van der Waals surface area (Å²) in [5.41, 5.74) is 0.851. The largest absolute Gasteiger partial charge is 0.497 e. The van der Waals surface area contributed by atoms with Gasteiger partial charge in [0.15, 0.2) is 0 Å². The smallest absolute Gasteiger partial charge is 0.275 e. The number of benzene rings is 2. The standard InChI is InChI=1S/C20H19ClN4O3/c1-27-16-6-8-17(9-7-16)28-11-10-22-19-13-23-18(12-24-19)20(26)25-15-4-2-14(21)3-5-15/h2-9,12-13H,10-11H2,1H3,(H,22,24)(H,25,26). The highest BCUT2D eigenvalue weighted by atomic mass is 35.5. The summed E-state index contributed by atoms with van der Waals surface area (Å²) in [4.78, 5) is 20.5. The first-order valence-electron chi connectivity index (χ1n) is 8.54. The molecular weight excluding hydrogens is 380 g/mol. The maximum Gasteiger partial charge on any atom is 0.275 e. The number of nitrogens with zero attached hydrogens (tertiary/aromatic N) is 2. The molecule has 0 bridgehead atoms. The summed E-state index contributed by atoms with van der Waals surface area (Å²) in [6.45, 7) is 0.990. The van der Waals surface area contributed by atoms with E-state index >= 15 is 0 Å². The van der Waals surface area contributed by atoms with Gasteiger partial charge in [-0.2, -0.15) is 0 Å². The molecule has 0 atom stereocenters. The van der Waals surface area contributed by atoms with E-state index in [1.54, 1.807) is 31.4 Å². The van der Waals surface area contributed by atoms with E-state index in [9.17, 15) is 4.79 Å². The molecule has 2 N–H and O–H groups in total. The lowest BCUT2D eigenvalue weighted by atomic mass is 10.3. The molecule has 1 heterocycles. The van der Waals surface area contributed by atoms with Gasteiger partial charge in [0, 0.05) is 10.7 Å². The van der Waals surface area contributed by atoms with E-state index in [1.807, 2.05) is 24.3 Å². The van der Waals surface area contributed by atoms with Crippen LogP contribution >= 0.6 is 11.6 Å². The first kappa shape index (κ1) is 19.4. The summed E-state index contributed by atoms with van der Waals surface area (Å²) in [5, 5.41) is 6.43. The topological polar surface area (TPSA) is 85.4 Å². The minimum absolute atomic E-state index is 0.218. The SMILES string of the molecule is COc1ccc(OCCNc2cnc(C(=O)Nc3ccc(Cl)cc3)cn2)cc1. The van der Waals surface area contributed by atoms with Gasteiger partial charge in [-0.15, -0.1) is 0 Å². The quantitative estimate of drug-likeness (QED) is 0.560. The lowest BCUT2D eigenvalue weighted by Gasteiger charge is -2.09. The van der Waals surface area contributed by atoms with E-state index in [0.29, 0.717) is 29.7 Å². The summed E-state index contributed by atoms with van der Waals surface area (Å²) in [5.74, 6) is 1.74. The highest BCUT2D eigenvalue weighted by molar-refractivity contribution is 6.30. The normalized spacial score (nSPS) is 10.2. The number of hydrogen-bond donors (Lipinski definition) is 2. The number of aromatic nitrogens is 2. The molecule has 0 aliphatic heterocycles. The molecule has 28 heavy (non-hydrogen) atoms. The number of halogens is 1. The Balaban J connectivity index is 1.44. The molecule has 3 aromatic rings. The Hall–Kier alpha value is -3.32. The van der Waals surface area contributed by atoms with Crippen molar-refractivity contribution in [1.82, 2.24) is 9.97 Å². The Morgan fingerprint density at radius 2 is 1.71 bits per heavy atom. The van der Waals surface area contributed by atoms with Crippen molar-refractivity contribution >= 4 is 29.0 Å². The summed E-state index contributed by atoms with van der Waals surface area (Å²) < 4.78 is 10.7. The maximum absolute atomic E-state index is 12.2. The summed E-state index contributed by atoms with van der Waals surface area (Å²) >= 11 is 5.83. The fraction of sp³-hybridized carbons (Fsp3) is 0.150. The van der Waals surface area contributed by atoms with E-state index in [1.165, 1.54) is 12.4 Å². The molecule has 7 nitrogen and oxygen atoms in total. The van der Waals surface area contributed by atoms with Crippen molar-refractivity contribution in [2.75, 3.05) is 30.9 Å². The third-order valence-corrected chi connectivity index (χ3v) is 3.97. The average molecular weight is 399 g/mol. The zero-order valence-corrected chi connectivity index (χ0v) is 15.9. The van der Waals surface area contributed by atoms with Gasteiger partial charge in [0.05, 0.1) is 26.0 Å². The molecular formula is C20H19ClN4O3. The minimum Gasteiger partial charge on any atom is -0.497 e. The van der Waals surface area contributed by atoms with Crippen LogP contribution < -0.4 is 20.1 Å². The van der Waals surface area contributed by atoms with Crippen LogP contribution in [-0.2, 0) is 0 Å². The van der Waals surface area contributed by atoms with Crippen LogP contribution in [0.2, 0.25) is 5.02 Å². The third-order valence-electron chi connectivity index (χ3n) is 3.72. The van der Waals surface area contributed by atoms with Crippen LogP contribution in [0.1, 0.15) is 10.5 Å². The first-order valence-corrected chi connectivity index (χ1v) is 8.91. The van der Waals surface area contributed by atoms with Gasteiger partial charge in [0.25, 0.3) is 5.91 Å². The molecule has 0 saturated heterocycles. The summed E-state index contributed by atoms with van der Waals surface area (Å²) in [6.07, 6.45) is 2.92. The van der Waals surface area contributed by atoms with Crippen molar-refractivity contribution in [3.8, 4) is 11.5 Å². The fourth-order valence-electron chi connectivity index (χ4n) is 2.28. The van der Waals surface area contributed by atoms with E-state index < -0.39 is 0 Å². The van der Waals surface area contributed by atoms with E-state index in [-0.39, 0.29) is 11.6 Å². The molecule has 2 aromatic carbocycles. The van der Waals surface area contributed by atoms with Crippen molar-refractivity contribution < 1.29 is 14.3 Å². The number of ether oxygens (including phenoxy) is 2. The number of methoxy groups -OCH3 is 1. The van der Waals surface area contributed by atoms with Gasteiger partial charge in [-0.3, -0.25) is 4.79 Å². The molecule has 0 saturated carbocycles. The van der Waals surface area contributed by atoms with E-state index in [0.717, 1.165) is 11.5 Å². The van der Waals surface area contributed by atoms with Crippen molar-refractivity contribution in [2.45, 2.75) is 0 Å². The van der Waals surface area contributed by atoms with Crippen molar-refractivity contribution in [1.29, 1.82) is 0 Å². The number of hydrogen-bond acceptors (Lipinski definition) is 6. The summed E-state index contributed by atoms with van der Waals surface area (Å²) in [6, 6.07) is 14.2. The monoisotopic (exact) mass is 398 g/mol. The van der Waals surface area contributed by atoms with Gasteiger partial charge in [0.1, 0.15) is 29.6 Å². The molecule has 0 unspecified atom stereocenters. The molecule has 1 amide bonds. The van der Waals surface area contributed by atoms with Gasteiger partial charge >= 0.3 is 0 Å². The second-order valence-corrected chi connectivity index (χ2v) is 6.14. The van der Waals surface area contributed by atoms with Crippen LogP contribution in [-0.4, -0.2) is 36.1 Å². The van der Waals surface area contributed by atoms with Crippen LogP contribution in [0.5, 0.6) is 11.5 Å². The predicted molar refractivity (Wildman–Crippen MR) is 108 cm³/mol. The number of carbonyl (C=O) groups excluding carboxylic acids is 1. The molecule has 0 radical (unpaired) electrons. The molecule has 3 rings (SSSR count). The zero-order valence-electron chi connectivity index (χ0n) is 15.2. The van der Waals surface area contributed by atoms with Crippen molar-refractivity contribution in [3.63, 3.8) is 0 Å². The number of carbonyl (C=O) groups is 1. The number of nitrogens with one attached hydrogen (secondary N) is 2. The van der Waals surface area contributed by atoms with Crippen LogP contribution in [0, 0.1) is 0 Å². The van der Waals surface area contributed by atoms with Crippen molar-refractivity contribution in [3.05, 3.63) is 71.6 Å². The van der Waals surface area contributed by atoms with Crippen LogP contribution in [0.15, 0.2) is 60.9 Å². The van der Waals surface area contributed by atoms with E-state index in [2.05, 4.69) is 20.6 Å². The number of anilines is 2. The fourth-order valence-corrected chi connectivity index (χ4v) is 2.41. The van der Waals surface area contributed by atoms with Crippen LogP contribution in [0.3, 0.4) is 0 Å². The molecule has 0 spiro atoms. The lowest BCUT2D eigenvalue weighted by molar-refractivity contribution is 0.102. The second-order valence-electron chi connectivity index (χ2n) is 5.70. The Labute approximate surface area is 167 Å².